The Bertz CT molecular complexity index is 771. The van der Waals surface area contributed by atoms with Gasteiger partial charge in [0.15, 0.2) is 6.10 Å². The maximum Gasteiger partial charge on any atom is 0.329 e. The Labute approximate surface area is 159 Å². The minimum atomic E-state index is -0.924. The molecule has 5 heteroatoms. The van der Waals surface area contributed by atoms with Crippen molar-refractivity contribution in [3.8, 4) is 0 Å². The van der Waals surface area contributed by atoms with Crippen molar-refractivity contribution in [2.45, 2.75) is 39.3 Å². The van der Waals surface area contributed by atoms with Gasteiger partial charge in [-0.15, -0.1) is 0 Å². The summed E-state index contributed by atoms with van der Waals surface area (Å²) in [6.45, 7) is 5.17. The van der Waals surface area contributed by atoms with Crippen molar-refractivity contribution in [1.82, 2.24) is 5.32 Å². The highest BCUT2D eigenvalue weighted by molar-refractivity contribution is 6.00. The zero-order chi connectivity index (χ0) is 19.8. The first kappa shape index (κ1) is 20.4. The van der Waals surface area contributed by atoms with Crippen LogP contribution in [0.2, 0.25) is 0 Å². The Kier molecular flexibility index (Phi) is 7.29. The minimum Gasteiger partial charge on any atom is -0.453 e. The summed E-state index contributed by atoms with van der Waals surface area (Å²) in [6, 6.07) is 17.1. The van der Waals surface area contributed by atoms with E-state index in [1.54, 1.807) is 24.3 Å². The first-order chi connectivity index (χ1) is 12.9. The van der Waals surface area contributed by atoms with Crippen LogP contribution < -0.4 is 5.32 Å². The molecule has 1 amide bonds. The van der Waals surface area contributed by atoms with Gasteiger partial charge in [0.1, 0.15) is 6.04 Å². The molecule has 1 unspecified atom stereocenters. The molecule has 0 heterocycles. The second-order valence-electron chi connectivity index (χ2n) is 6.76. The average molecular weight is 367 g/mol. The lowest BCUT2D eigenvalue weighted by Crippen LogP contribution is -2.47. The van der Waals surface area contributed by atoms with Crippen LogP contribution >= 0.6 is 0 Å². The van der Waals surface area contributed by atoms with Gasteiger partial charge in [-0.05, 0) is 18.4 Å². The second kappa shape index (κ2) is 9.67. The first-order valence-corrected chi connectivity index (χ1v) is 9.01. The standard InChI is InChI=1S/C22H25NO4/c1-15(2)20(23-19(24)14-17-10-6-4-7-11-17)22(26)27-16(3)21(25)18-12-8-5-9-13-18/h4-13,15-16,20H,14H2,1-3H3,(H,23,24)/t16?,20-/m1/s1. The fourth-order valence-electron chi connectivity index (χ4n) is 2.64. The van der Waals surface area contributed by atoms with Gasteiger partial charge in [-0.3, -0.25) is 9.59 Å². The summed E-state index contributed by atoms with van der Waals surface area (Å²) in [6.07, 6.45) is -0.747. The van der Waals surface area contributed by atoms with Crippen molar-refractivity contribution >= 4 is 17.7 Å². The normalized spacial score (nSPS) is 12.9. The highest BCUT2D eigenvalue weighted by Crippen LogP contribution is 2.11. The molecule has 0 bridgehead atoms. The zero-order valence-corrected chi connectivity index (χ0v) is 15.8. The van der Waals surface area contributed by atoms with Crippen molar-refractivity contribution < 1.29 is 19.1 Å². The first-order valence-electron chi connectivity index (χ1n) is 9.01. The van der Waals surface area contributed by atoms with Gasteiger partial charge >= 0.3 is 5.97 Å². The van der Waals surface area contributed by atoms with Crippen molar-refractivity contribution in [2.75, 3.05) is 0 Å². The maximum atomic E-state index is 12.5. The number of rotatable bonds is 8. The molecule has 0 fully saturated rings. The fourth-order valence-corrected chi connectivity index (χ4v) is 2.64. The van der Waals surface area contributed by atoms with Gasteiger partial charge in [0.25, 0.3) is 0 Å². The van der Waals surface area contributed by atoms with Gasteiger partial charge in [-0.25, -0.2) is 4.79 Å². The van der Waals surface area contributed by atoms with Crippen LogP contribution in [0.1, 0.15) is 36.7 Å². The van der Waals surface area contributed by atoms with Crippen LogP contribution in [-0.2, 0) is 20.7 Å². The molecular formula is C22H25NO4. The number of hydrogen-bond donors (Lipinski definition) is 1. The SMILES string of the molecule is CC(OC(=O)[C@H](NC(=O)Cc1ccccc1)C(C)C)C(=O)c1ccccc1. The number of esters is 1. The Balaban J connectivity index is 1.97. The van der Waals surface area contributed by atoms with Crippen LogP contribution in [0.5, 0.6) is 0 Å². The summed E-state index contributed by atoms with van der Waals surface area (Å²) in [5.74, 6) is -1.32. The van der Waals surface area contributed by atoms with E-state index in [4.69, 9.17) is 4.74 Å². The monoisotopic (exact) mass is 367 g/mol. The number of ketones is 1. The quantitative estimate of drug-likeness (QED) is 0.574. The van der Waals surface area contributed by atoms with E-state index >= 15 is 0 Å². The summed E-state index contributed by atoms with van der Waals surface area (Å²) in [5.41, 5.74) is 1.34. The molecule has 2 aromatic carbocycles. The minimum absolute atomic E-state index is 0.170. The summed E-state index contributed by atoms with van der Waals surface area (Å²) in [5, 5.41) is 2.72. The maximum absolute atomic E-state index is 12.5. The van der Waals surface area contributed by atoms with Gasteiger partial charge in [0.05, 0.1) is 6.42 Å². The smallest absolute Gasteiger partial charge is 0.329 e. The van der Waals surface area contributed by atoms with Gasteiger partial charge in [-0.1, -0.05) is 74.5 Å². The molecule has 27 heavy (non-hydrogen) atoms. The number of benzene rings is 2. The molecule has 1 N–H and O–H groups in total. The lowest BCUT2D eigenvalue weighted by molar-refractivity contribution is -0.151. The molecule has 0 aliphatic heterocycles. The number of hydrogen-bond acceptors (Lipinski definition) is 4. The van der Waals surface area contributed by atoms with Gasteiger partial charge in [0.2, 0.25) is 11.7 Å². The summed E-state index contributed by atoms with van der Waals surface area (Å²) < 4.78 is 5.34. The molecule has 0 saturated carbocycles. The average Bonchev–Trinajstić information content (AvgIpc) is 2.66. The number of carbonyl (C=O) groups excluding carboxylic acids is 3. The summed E-state index contributed by atoms with van der Waals surface area (Å²) >= 11 is 0. The topological polar surface area (TPSA) is 72.5 Å². The van der Waals surface area contributed by atoms with Crippen molar-refractivity contribution in [1.29, 1.82) is 0 Å². The van der Waals surface area contributed by atoms with Crippen LogP contribution in [0.3, 0.4) is 0 Å². The lowest BCUT2D eigenvalue weighted by Gasteiger charge is -2.23. The molecule has 0 aliphatic carbocycles. The van der Waals surface area contributed by atoms with Crippen LogP contribution in [-0.4, -0.2) is 29.8 Å². The molecular weight excluding hydrogens is 342 g/mol. The second-order valence-corrected chi connectivity index (χ2v) is 6.76. The highest BCUT2D eigenvalue weighted by Gasteiger charge is 2.29. The third kappa shape index (κ3) is 6.06. The van der Waals surface area contributed by atoms with Crippen LogP contribution in [0, 0.1) is 5.92 Å². The van der Waals surface area contributed by atoms with Gasteiger partial charge < -0.3 is 10.1 Å². The molecule has 0 saturated heterocycles. The fraction of sp³-hybridized carbons (Fsp3) is 0.318. The lowest BCUT2D eigenvalue weighted by atomic mass is 10.0. The molecule has 142 valence electrons. The van der Waals surface area contributed by atoms with E-state index in [0.29, 0.717) is 5.56 Å². The Morgan fingerprint density at radius 3 is 2.00 bits per heavy atom. The third-order valence-corrected chi connectivity index (χ3v) is 4.17. The molecule has 2 atom stereocenters. The number of ether oxygens (including phenoxy) is 1. The van der Waals surface area contributed by atoms with E-state index in [2.05, 4.69) is 5.32 Å². The van der Waals surface area contributed by atoms with E-state index in [0.717, 1.165) is 5.56 Å². The van der Waals surface area contributed by atoms with Crippen molar-refractivity contribution in [3.05, 3.63) is 71.8 Å². The van der Waals surface area contributed by atoms with E-state index in [1.165, 1.54) is 6.92 Å². The number of nitrogens with one attached hydrogen (secondary N) is 1. The molecule has 5 nitrogen and oxygen atoms in total. The van der Waals surface area contributed by atoms with E-state index in [9.17, 15) is 14.4 Å². The number of amides is 1. The van der Waals surface area contributed by atoms with Gasteiger partial charge in [-0.2, -0.15) is 0 Å². The zero-order valence-electron chi connectivity index (χ0n) is 15.8. The van der Waals surface area contributed by atoms with Crippen molar-refractivity contribution in [3.63, 3.8) is 0 Å². The Morgan fingerprint density at radius 2 is 1.44 bits per heavy atom. The summed E-state index contributed by atoms with van der Waals surface area (Å²) in [4.78, 5) is 37.2. The van der Waals surface area contributed by atoms with E-state index < -0.39 is 18.1 Å². The summed E-state index contributed by atoms with van der Waals surface area (Å²) in [7, 11) is 0. The Morgan fingerprint density at radius 1 is 0.889 bits per heavy atom. The highest BCUT2D eigenvalue weighted by atomic mass is 16.5. The van der Waals surface area contributed by atoms with Crippen LogP contribution in [0.15, 0.2) is 60.7 Å². The predicted octanol–water partition coefficient (Wildman–Crippen LogP) is 3.18. The molecule has 2 rings (SSSR count). The molecule has 0 radical (unpaired) electrons. The molecule has 0 aliphatic rings. The Hall–Kier alpha value is -2.95. The van der Waals surface area contributed by atoms with Crippen LogP contribution in [0.4, 0.5) is 0 Å². The van der Waals surface area contributed by atoms with Gasteiger partial charge in [0, 0.05) is 5.56 Å². The third-order valence-electron chi connectivity index (χ3n) is 4.17. The van der Waals surface area contributed by atoms with Crippen LogP contribution in [0.25, 0.3) is 0 Å². The molecule has 2 aromatic rings. The van der Waals surface area contributed by atoms with Crippen molar-refractivity contribution in [2.24, 2.45) is 5.92 Å². The predicted molar refractivity (Wildman–Crippen MR) is 103 cm³/mol. The number of carbonyl (C=O) groups is 3. The molecule has 0 spiro atoms. The van der Waals surface area contributed by atoms with E-state index in [1.807, 2.05) is 50.2 Å². The number of Topliss-reactive ketones (excluding diaryl/α,β-unsaturated/α-hetero) is 1. The molecule has 0 aromatic heterocycles. The van der Waals surface area contributed by atoms with E-state index in [-0.39, 0.29) is 24.0 Å². The largest absolute Gasteiger partial charge is 0.453 e.